The second-order valence-electron chi connectivity index (χ2n) is 3.54. The molecule has 2 aromatic rings. The minimum absolute atomic E-state index is 0.148. The number of rotatable bonds is 3. The Bertz CT molecular complexity index is 521. The number of aromatic nitrogens is 3. The summed E-state index contributed by atoms with van der Waals surface area (Å²) in [5.74, 6) is 0.597. The number of pyridine rings is 1. The maximum Gasteiger partial charge on any atom is 0.433 e. The molecular weight excluding hydrogens is 247 g/mol. The minimum Gasteiger partial charge on any atom is -0.396 e. The van der Waals surface area contributed by atoms with Crippen molar-refractivity contribution in [1.82, 2.24) is 15.0 Å². The van der Waals surface area contributed by atoms with E-state index in [-0.39, 0.29) is 17.9 Å². The zero-order chi connectivity index (χ0) is 13.2. The summed E-state index contributed by atoms with van der Waals surface area (Å²) in [6.07, 6.45) is -0.343. The highest BCUT2D eigenvalue weighted by Crippen LogP contribution is 2.31. The van der Waals surface area contributed by atoms with E-state index in [2.05, 4.69) is 20.3 Å². The van der Waals surface area contributed by atoms with Crippen LogP contribution in [0.25, 0.3) is 0 Å². The van der Waals surface area contributed by atoms with Gasteiger partial charge < -0.3 is 16.0 Å². The molecule has 8 heteroatoms. The molecule has 0 spiro atoms. The minimum atomic E-state index is -4.49. The molecule has 0 amide bonds. The van der Waals surface area contributed by atoms with Crippen molar-refractivity contribution in [3.05, 3.63) is 36.2 Å². The van der Waals surface area contributed by atoms with Crippen LogP contribution < -0.4 is 11.1 Å². The third kappa shape index (κ3) is 2.70. The Morgan fingerprint density at radius 1 is 1.33 bits per heavy atom. The number of halogens is 3. The molecule has 2 rings (SSSR count). The van der Waals surface area contributed by atoms with Crippen LogP contribution in [0.15, 0.2) is 24.7 Å². The van der Waals surface area contributed by atoms with E-state index in [4.69, 9.17) is 5.73 Å². The Morgan fingerprint density at radius 3 is 2.72 bits per heavy atom. The van der Waals surface area contributed by atoms with Crippen LogP contribution in [-0.4, -0.2) is 15.0 Å². The molecule has 4 N–H and O–H groups in total. The van der Waals surface area contributed by atoms with Gasteiger partial charge in [0.05, 0.1) is 24.1 Å². The predicted molar refractivity (Wildman–Crippen MR) is 59.6 cm³/mol. The largest absolute Gasteiger partial charge is 0.433 e. The van der Waals surface area contributed by atoms with Crippen molar-refractivity contribution in [3.8, 4) is 0 Å². The normalized spacial score (nSPS) is 11.5. The molecule has 0 atom stereocenters. The predicted octanol–water partition coefficient (Wildman–Crippen LogP) is 2.02. The van der Waals surface area contributed by atoms with Crippen LogP contribution in [0.3, 0.4) is 0 Å². The number of aromatic amines is 1. The summed E-state index contributed by atoms with van der Waals surface area (Å²) in [5, 5.41) is 2.77. The van der Waals surface area contributed by atoms with E-state index in [9.17, 15) is 13.2 Å². The van der Waals surface area contributed by atoms with Crippen LogP contribution in [0.5, 0.6) is 0 Å². The molecular formula is C10H10F3N5. The first-order valence-electron chi connectivity index (χ1n) is 5.01. The number of nitrogens with one attached hydrogen (secondary N) is 2. The van der Waals surface area contributed by atoms with Crippen LogP contribution in [-0.2, 0) is 12.7 Å². The fourth-order valence-electron chi connectivity index (χ4n) is 1.35. The van der Waals surface area contributed by atoms with Crippen LogP contribution in [0.1, 0.15) is 11.5 Å². The zero-order valence-electron chi connectivity index (χ0n) is 9.12. The first kappa shape index (κ1) is 12.2. The summed E-state index contributed by atoms with van der Waals surface area (Å²) in [4.78, 5) is 10.00. The molecule has 0 aliphatic heterocycles. The van der Waals surface area contributed by atoms with E-state index in [1.807, 2.05) is 0 Å². The van der Waals surface area contributed by atoms with Crippen molar-refractivity contribution in [3.63, 3.8) is 0 Å². The second kappa shape index (κ2) is 4.55. The number of anilines is 2. The molecule has 2 aromatic heterocycles. The van der Waals surface area contributed by atoms with Gasteiger partial charge in [-0.05, 0) is 6.07 Å². The van der Waals surface area contributed by atoms with Crippen LogP contribution in [0.4, 0.5) is 24.5 Å². The summed E-state index contributed by atoms with van der Waals surface area (Å²) in [5.41, 5.74) is 4.88. The lowest BCUT2D eigenvalue weighted by molar-refractivity contribution is -0.141. The molecule has 0 saturated heterocycles. The van der Waals surface area contributed by atoms with Crippen LogP contribution in [0, 0.1) is 0 Å². The zero-order valence-corrected chi connectivity index (χ0v) is 9.12. The number of nitrogens with two attached hydrogens (primary N) is 1. The van der Waals surface area contributed by atoms with Crippen molar-refractivity contribution in [2.45, 2.75) is 12.7 Å². The molecule has 0 aliphatic carbocycles. The third-order valence-corrected chi connectivity index (χ3v) is 2.23. The fourth-order valence-corrected chi connectivity index (χ4v) is 1.35. The summed E-state index contributed by atoms with van der Waals surface area (Å²) in [6.45, 7) is 0.249. The van der Waals surface area contributed by atoms with Gasteiger partial charge in [-0.3, -0.25) is 0 Å². The van der Waals surface area contributed by atoms with Gasteiger partial charge in [-0.1, -0.05) is 0 Å². The lowest BCUT2D eigenvalue weighted by atomic mass is 10.2. The number of alkyl halides is 3. The Kier molecular flexibility index (Phi) is 3.09. The molecule has 0 bridgehead atoms. The Balaban J connectivity index is 2.16. The third-order valence-electron chi connectivity index (χ3n) is 2.23. The van der Waals surface area contributed by atoms with E-state index >= 15 is 0 Å². The van der Waals surface area contributed by atoms with Gasteiger partial charge in [0.15, 0.2) is 0 Å². The fraction of sp³-hybridized carbons (Fsp3) is 0.200. The number of hydrogen-bond donors (Lipinski definition) is 3. The molecule has 5 nitrogen and oxygen atoms in total. The maximum atomic E-state index is 12.5. The molecule has 0 unspecified atom stereocenters. The SMILES string of the molecule is Nc1cnc(C(F)(F)F)cc1NCc1ncc[nH]1. The van der Waals surface area contributed by atoms with E-state index in [0.29, 0.717) is 5.82 Å². The van der Waals surface area contributed by atoms with E-state index in [0.717, 1.165) is 12.3 Å². The van der Waals surface area contributed by atoms with Crippen molar-refractivity contribution >= 4 is 11.4 Å². The van der Waals surface area contributed by atoms with Crippen molar-refractivity contribution in [2.75, 3.05) is 11.1 Å². The molecule has 0 radical (unpaired) electrons. The highest BCUT2D eigenvalue weighted by atomic mass is 19.4. The van der Waals surface area contributed by atoms with Gasteiger partial charge in [0.2, 0.25) is 0 Å². The van der Waals surface area contributed by atoms with Crippen molar-refractivity contribution in [2.24, 2.45) is 0 Å². The molecule has 18 heavy (non-hydrogen) atoms. The van der Waals surface area contributed by atoms with Gasteiger partial charge in [-0.25, -0.2) is 9.97 Å². The van der Waals surface area contributed by atoms with E-state index in [1.165, 1.54) is 0 Å². The molecule has 96 valence electrons. The van der Waals surface area contributed by atoms with Gasteiger partial charge in [0, 0.05) is 12.4 Å². The van der Waals surface area contributed by atoms with Crippen molar-refractivity contribution in [1.29, 1.82) is 0 Å². The average molecular weight is 257 g/mol. The molecule has 0 aliphatic rings. The highest BCUT2D eigenvalue weighted by Gasteiger charge is 2.32. The molecule has 2 heterocycles. The topological polar surface area (TPSA) is 79.6 Å². The summed E-state index contributed by atoms with van der Waals surface area (Å²) in [7, 11) is 0. The van der Waals surface area contributed by atoms with Crippen LogP contribution >= 0.6 is 0 Å². The molecule has 0 aromatic carbocycles. The average Bonchev–Trinajstić information content (AvgIpc) is 2.79. The number of H-pyrrole nitrogens is 1. The first-order chi connectivity index (χ1) is 8.47. The Labute approximate surface area is 100 Å². The number of hydrogen-bond acceptors (Lipinski definition) is 4. The lowest BCUT2D eigenvalue weighted by Gasteiger charge is -2.11. The Hall–Kier alpha value is -2.25. The second-order valence-corrected chi connectivity index (χ2v) is 3.54. The standard InChI is InChI=1S/C10H10F3N5/c11-10(12,13)8-3-7(6(14)4-18-8)17-5-9-15-1-2-16-9/h1-4H,5,14H2,(H,15,16)(H,17,18). The van der Waals surface area contributed by atoms with Crippen molar-refractivity contribution < 1.29 is 13.2 Å². The Morgan fingerprint density at radius 2 is 2.11 bits per heavy atom. The lowest BCUT2D eigenvalue weighted by Crippen LogP contribution is -2.11. The monoisotopic (exact) mass is 257 g/mol. The van der Waals surface area contributed by atoms with Gasteiger partial charge in [-0.15, -0.1) is 0 Å². The van der Waals surface area contributed by atoms with Crippen LogP contribution in [0.2, 0.25) is 0 Å². The van der Waals surface area contributed by atoms with E-state index < -0.39 is 11.9 Å². The van der Waals surface area contributed by atoms with Gasteiger partial charge >= 0.3 is 6.18 Å². The summed E-state index contributed by atoms with van der Waals surface area (Å²) < 4.78 is 37.4. The maximum absolute atomic E-state index is 12.5. The summed E-state index contributed by atoms with van der Waals surface area (Å²) in [6, 6.07) is 0.873. The molecule has 0 fully saturated rings. The first-order valence-corrected chi connectivity index (χ1v) is 5.01. The van der Waals surface area contributed by atoms with Gasteiger partial charge in [0.25, 0.3) is 0 Å². The van der Waals surface area contributed by atoms with E-state index in [1.54, 1.807) is 12.4 Å². The number of imidazole rings is 1. The smallest absolute Gasteiger partial charge is 0.396 e. The summed E-state index contributed by atoms with van der Waals surface area (Å²) >= 11 is 0. The van der Waals surface area contributed by atoms with Gasteiger partial charge in [-0.2, -0.15) is 13.2 Å². The highest BCUT2D eigenvalue weighted by molar-refractivity contribution is 5.65. The molecule has 0 saturated carbocycles. The van der Waals surface area contributed by atoms with Gasteiger partial charge in [0.1, 0.15) is 11.5 Å². The quantitative estimate of drug-likeness (QED) is 0.785. The number of nitrogen functional groups attached to an aromatic ring is 1. The number of nitrogens with zero attached hydrogens (tertiary/aromatic N) is 2.